The van der Waals surface area contributed by atoms with Gasteiger partial charge in [-0.1, -0.05) is 0 Å². The van der Waals surface area contributed by atoms with E-state index in [0.717, 1.165) is 23.0 Å². The summed E-state index contributed by atoms with van der Waals surface area (Å²) in [7, 11) is 2.65. The maximum atomic E-state index is 14.7. The van der Waals surface area contributed by atoms with E-state index in [4.69, 9.17) is 16.6 Å². The molecule has 0 aliphatic heterocycles. The van der Waals surface area contributed by atoms with Crippen molar-refractivity contribution in [3.05, 3.63) is 70.0 Å². The summed E-state index contributed by atoms with van der Waals surface area (Å²) in [5, 5.41) is 23.7. The fourth-order valence-corrected chi connectivity index (χ4v) is 3.26. The van der Waals surface area contributed by atoms with E-state index in [1.807, 2.05) is 0 Å². The van der Waals surface area contributed by atoms with Crippen LogP contribution in [0.2, 0.25) is 0 Å². The summed E-state index contributed by atoms with van der Waals surface area (Å²) in [6.45, 7) is 0. The summed E-state index contributed by atoms with van der Waals surface area (Å²) in [5.74, 6) is -3.68. The molecule has 178 valence electrons. The Kier molecular flexibility index (Phi) is 6.39. The summed E-state index contributed by atoms with van der Waals surface area (Å²) < 4.78 is 70.0. The van der Waals surface area contributed by atoms with Gasteiger partial charge in [-0.2, -0.15) is 18.3 Å². The number of hydrogen-bond acceptors (Lipinski definition) is 6. The largest absolute Gasteiger partial charge is 0.435 e. The number of nitrogen functional groups attached to an aromatic ring is 1. The first-order valence-electron chi connectivity index (χ1n) is 9.50. The van der Waals surface area contributed by atoms with Gasteiger partial charge in [0.25, 0.3) is 5.91 Å². The number of hydrogen-bond donors (Lipinski definition) is 5. The number of aryl methyl sites for hydroxylation is 1. The lowest BCUT2D eigenvalue weighted by Crippen LogP contribution is -2.19. The van der Waals surface area contributed by atoms with Crippen molar-refractivity contribution in [3.63, 3.8) is 0 Å². The fraction of sp³-hybridized carbons (Fsp3) is 0.143. The first-order valence-corrected chi connectivity index (χ1v) is 9.50. The summed E-state index contributed by atoms with van der Waals surface area (Å²) in [6.07, 6.45) is -3.21. The highest BCUT2D eigenvalue weighted by Gasteiger charge is 2.38. The maximum Gasteiger partial charge on any atom is 0.435 e. The van der Waals surface area contributed by atoms with Crippen molar-refractivity contribution in [2.75, 3.05) is 23.4 Å². The predicted octanol–water partition coefficient (Wildman–Crippen LogP) is 4.01. The van der Waals surface area contributed by atoms with Crippen molar-refractivity contribution in [2.24, 2.45) is 7.05 Å². The van der Waals surface area contributed by atoms with Crippen molar-refractivity contribution in [1.29, 1.82) is 10.8 Å². The minimum atomic E-state index is -4.83. The topological polar surface area (TPSA) is 133 Å². The van der Waals surface area contributed by atoms with Gasteiger partial charge in [-0.3, -0.25) is 14.9 Å². The Labute approximate surface area is 189 Å². The molecule has 3 rings (SSSR count). The third-order valence-corrected chi connectivity index (χ3v) is 4.84. The number of aromatic nitrogens is 2. The number of amides is 1. The molecule has 0 fully saturated rings. The van der Waals surface area contributed by atoms with E-state index in [-0.39, 0.29) is 28.2 Å². The van der Waals surface area contributed by atoms with Crippen molar-refractivity contribution >= 4 is 34.9 Å². The Morgan fingerprint density at radius 1 is 1.21 bits per heavy atom. The van der Waals surface area contributed by atoms with Gasteiger partial charge in [0.05, 0.1) is 16.8 Å². The SMILES string of the molecule is CNc1cc(F)c(C(=O)Nc2ccc(N)c(C(=N)c3cn(C)nc3C(F)(F)F)c2)c(F)c1C=N. The van der Waals surface area contributed by atoms with Gasteiger partial charge in [0.2, 0.25) is 0 Å². The molecule has 0 atom stereocenters. The Morgan fingerprint density at radius 3 is 2.47 bits per heavy atom. The van der Waals surface area contributed by atoms with Crippen LogP contribution in [0.1, 0.15) is 32.7 Å². The molecule has 3 aromatic rings. The average Bonchev–Trinajstić information content (AvgIpc) is 3.16. The Bertz CT molecular complexity index is 1310. The van der Waals surface area contributed by atoms with Crippen molar-refractivity contribution in [1.82, 2.24) is 9.78 Å². The molecule has 1 amide bonds. The van der Waals surface area contributed by atoms with Crippen LogP contribution >= 0.6 is 0 Å². The van der Waals surface area contributed by atoms with E-state index in [0.29, 0.717) is 6.21 Å². The fourth-order valence-electron chi connectivity index (χ4n) is 3.26. The van der Waals surface area contributed by atoms with Crippen molar-refractivity contribution in [2.45, 2.75) is 6.18 Å². The van der Waals surface area contributed by atoms with Crippen LogP contribution in [0.4, 0.5) is 39.0 Å². The highest BCUT2D eigenvalue weighted by Crippen LogP contribution is 2.33. The van der Waals surface area contributed by atoms with E-state index in [1.165, 1.54) is 26.2 Å². The molecule has 0 bridgehead atoms. The first-order chi connectivity index (χ1) is 15.9. The molecule has 1 heterocycles. The number of alkyl halides is 3. The zero-order valence-corrected chi connectivity index (χ0v) is 17.7. The standard InChI is InChI=1S/C21H18F5N7O/c1-30-15-6-13(22)16(17(23)11(15)7-27)20(34)31-9-3-4-14(28)10(5-9)18(29)12-8-33(2)32-19(12)21(24,25)26/h3-8,27,29-30H,28H2,1-2H3,(H,31,34). The van der Waals surface area contributed by atoms with Crippen LogP contribution in [0.3, 0.4) is 0 Å². The number of rotatable bonds is 6. The van der Waals surface area contributed by atoms with Gasteiger partial charge in [0, 0.05) is 49.1 Å². The van der Waals surface area contributed by atoms with E-state index in [1.54, 1.807) is 0 Å². The van der Waals surface area contributed by atoms with Crippen LogP contribution in [0.15, 0.2) is 30.5 Å². The van der Waals surface area contributed by atoms with Gasteiger partial charge in [-0.05, 0) is 24.3 Å². The van der Waals surface area contributed by atoms with Gasteiger partial charge in [-0.15, -0.1) is 0 Å². The summed E-state index contributed by atoms with van der Waals surface area (Å²) in [5.41, 5.74) is 1.74. The summed E-state index contributed by atoms with van der Waals surface area (Å²) in [6, 6.07) is 4.44. The predicted molar refractivity (Wildman–Crippen MR) is 117 cm³/mol. The van der Waals surface area contributed by atoms with E-state index >= 15 is 0 Å². The number of carbonyl (C=O) groups is 1. The smallest absolute Gasteiger partial charge is 0.398 e. The zero-order valence-electron chi connectivity index (χ0n) is 17.7. The molecule has 0 aliphatic rings. The second kappa shape index (κ2) is 8.92. The van der Waals surface area contributed by atoms with Crippen molar-refractivity contribution in [3.8, 4) is 0 Å². The Hall–Kier alpha value is -4.29. The number of nitrogens with two attached hydrogens (primary N) is 1. The highest BCUT2D eigenvalue weighted by molar-refractivity contribution is 6.15. The van der Waals surface area contributed by atoms with Gasteiger partial charge < -0.3 is 21.8 Å². The van der Waals surface area contributed by atoms with Crippen LogP contribution in [0.25, 0.3) is 0 Å². The van der Waals surface area contributed by atoms with Crippen molar-refractivity contribution < 1.29 is 26.7 Å². The normalized spacial score (nSPS) is 11.3. The second-order valence-electron chi connectivity index (χ2n) is 7.10. The number of benzene rings is 2. The highest BCUT2D eigenvalue weighted by atomic mass is 19.4. The molecule has 13 heteroatoms. The lowest BCUT2D eigenvalue weighted by Gasteiger charge is -2.14. The molecule has 0 radical (unpaired) electrons. The molecule has 8 nitrogen and oxygen atoms in total. The van der Waals surface area contributed by atoms with Crippen LogP contribution in [0, 0.1) is 22.5 Å². The average molecular weight is 479 g/mol. The van der Waals surface area contributed by atoms with Crippen LogP contribution in [0.5, 0.6) is 0 Å². The molecular formula is C21H18F5N7O. The van der Waals surface area contributed by atoms with Crippen LogP contribution in [-0.2, 0) is 13.2 Å². The van der Waals surface area contributed by atoms with E-state index < -0.39 is 46.3 Å². The Balaban J connectivity index is 2.00. The molecule has 1 aromatic heterocycles. The molecular weight excluding hydrogens is 461 g/mol. The number of halogens is 5. The van der Waals surface area contributed by atoms with E-state index in [2.05, 4.69) is 15.7 Å². The zero-order chi connectivity index (χ0) is 25.4. The number of carbonyl (C=O) groups excluding carboxylic acids is 1. The minimum absolute atomic E-state index is 0.0401. The molecule has 0 spiro atoms. The van der Waals surface area contributed by atoms with Crippen LogP contribution in [-0.4, -0.2) is 34.7 Å². The number of anilines is 3. The number of nitrogens with one attached hydrogen (secondary N) is 4. The monoisotopic (exact) mass is 479 g/mol. The molecule has 6 N–H and O–H groups in total. The third-order valence-electron chi connectivity index (χ3n) is 4.84. The molecule has 34 heavy (non-hydrogen) atoms. The molecule has 0 saturated carbocycles. The summed E-state index contributed by atoms with van der Waals surface area (Å²) >= 11 is 0. The van der Waals surface area contributed by atoms with Gasteiger partial charge in [-0.25, -0.2) is 8.78 Å². The van der Waals surface area contributed by atoms with Gasteiger partial charge in [0.15, 0.2) is 5.69 Å². The lowest BCUT2D eigenvalue weighted by molar-refractivity contribution is -0.141. The molecule has 0 unspecified atom stereocenters. The first kappa shape index (κ1) is 24.4. The molecule has 0 aliphatic carbocycles. The molecule has 0 saturated heterocycles. The van der Waals surface area contributed by atoms with E-state index in [9.17, 15) is 26.7 Å². The van der Waals surface area contributed by atoms with Gasteiger partial charge >= 0.3 is 6.18 Å². The quantitative estimate of drug-likeness (QED) is 0.208. The minimum Gasteiger partial charge on any atom is -0.398 e. The summed E-state index contributed by atoms with van der Waals surface area (Å²) in [4.78, 5) is 12.6. The number of nitrogens with zero attached hydrogens (tertiary/aromatic N) is 2. The van der Waals surface area contributed by atoms with Crippen LogP contribution < -0.4 is 16.4 Å². The Morgan fingerprint density at radius 2 is 1.88 bits per heavy atom. The van der Waals surface area contributed by atoms with Gasteiger partial charge in [0.1, 0.15) is 17.2 Å². The maximum absolute atomic E-state index is 14.7. The lowest BCUT2D eigenvalue weighted by atomic mass is 10.00. The second-order valence-corrected chi connectivity index (χ2v) is 7.10. The third kappa shape index (κ3) is 4.44. The molecule has 2 aromatic carbocycles.